The lowest BCUT2D eigenvalue weighted by atomic mass is 10.1. The van der Waals surface area contributed by atoms with Crippen molar-refractivity contribution < 1.29 is 18.3 Å². The van der Waals surface area contributed by atoms with Gasteiger partial charge in [0, 0.05) is 0 Å². The smallest absolute Gasteiger partial charge is 0.340 e. The van der Waals surface area contributed by atoms with Crippen molar-refractivity contribution in [2.75, 3.05) is 7.11 Å². The maximum Gasteiger partial charge on any atom is 0.340 e. The van der Waals surface area contributed by atoms with Crippen LogP contribution in [0.2, 0.25) is 0 Å². The van der Waals surface area contributed by atoms with Crippen LogP contribution in [0.3, 0.4) is 0 Å². The molecule has 0 fully saturated rings. The van der Waals surface area contributed by atoms with Crippen molar-refractivity contribution in [2.24, 2.45) is 0 Å². The third-order valence-electron chi connectivity index (χ3n) is 1.97. The minimum Gasteiger partial charge on any atom is -0.465 e. The number of furan rings is 1. The van der Waals surface area contributed by atoms with Crippen molar-refractivity contribution in [3.63, 3.8) is 0 Å². The number of esters is 1. The van der Waals surface area contributed by atoms with Crippen LogP contribution in [0.4, 0.5) is 4.39 Å². The standard InChI is InChI=1S/C10H7FO3/c1-13-10(12)7-2-3-8-6(9(7)11)4-5-14-8/h2-5H,1H3. The largest absolute Gasteiger partial charge is 0.465 e. The maximum absolute atomic E-state index is 13.6. The SMILES string of the molecule is COC(=O)c1ccc2occc2c1F. The van der Waals surface area contributed by atoms with E-state index >= 15 is 0 Å². The van der Waals surface area contributed by atoms with Crippen LogP contribution in [0.15, 0.2) is 28.9 Å². The zero-order chi connectivity index (χ0) is 10.1. The van der Waals surface area contributed by atoms with E-state index in [0.29, 0.717) is 5.58 Å². The van der Waals surface area contributed by atoms with Gasteiger partial charge in [0.25, 0.3) is 0 Å². The van der Waals surface area contributed by atoms with Crippen molar-refractivity contribution in [1.82, 2.24) is 0 Å². The van der Waals surface area contributed by atoms with Gasteiger partial charge in [-0.1, -0.05) is 0 Å². The fraction of sp³-hybridized carbons (Fsp3) is 0.100. The molecule has 72 valence electrons. The highest BCUT2D eigenvalue weighted by Crippen LogP contribution is 2.22. The van der Waals surface area contributed by atoms with Crippen LogP contribution in [-0.2, 0) is 4.74 Å². The van der Waals surface area contributed by atoms with E-state index in [2.05, 4.69) is 4.74 Å². The molecule has 0 spiro atoms. The maximum atomic E-state index is 13.6. The second-order valence-corrected chi connectivity index (χ2v) is 2.75. The Labute approximate surface area is 79.1 Å². The summed E-state index contributed by atoms with van der Waals surface area (Å²) in [5.41, 5.74) is 0.330. The average Bonchev–Trinajstić information content (AvgIpc) is 2.66. The van der Waals surface area contributed by atoms with Gasteiger partial charge in [-0.3, -0.25) is 0 Å². The molecule has 0 aliphatic rings. The first-order valence-corrected chi connectivity index (χ1v) is 3.98. The van der Waals surface area contributed by atoms with E-state index in [9.17, 15) is 9.18 Å². The molecule has 4 heteroatoms. The van der Waals surface area contributed by atoms with Crippen LogP contribution in [-0.4, -0.2) is 13.1 Å². The zero-order valence-corrected chi connectivity index (χ0v) is 7.41. The van der Waals surface area contributed by atoms with Crippen LogP contribution < -0.4 is 0 Å². The number of carbonyl (C=O) groups excluding carboxylic acids is 1. The van der Waals surface area contributed by atoms with Gasteiger partial charge in [-0.15, -0.1) is 0 Å². The van der Waals surface area contributed by atoms with Crippen LogP contribution in [0.5, 0.6) is 0 Å². The Bertz CT molecular complexity index is 487. The number of benzene rings is 1. The summed E-state index contributed by atoms with van der Waals surface area (Å²) in [7, 11) is 1.21. The van der Waals surface area contributed by atoms with Crippen molar-refractivity contribution in [2.45, 2.75) is 0 Å². The lowest BCUT2D eigenvalue weighted by molar-refractivity contribution is 0.0596. The van der Waals surface area contributed by atoms with Gasteiger partial charge in [-0.05, 0) is 18.2 Å². The van der Waals surface area contributed by atoms with E-state index < -0.39 is 11.8 Å². The molecule has 3 nitrogen and oxygen atoms in total. The predicted molar refractivity (Wildman–Crippen MR) is 47.5 cm³/mol. The van der Waals surface area contributed by atoms with Gasteiger partial charge in [-0.2, -0.15) is 0 Å². The summed E-state index contributed by atoms with van der Waals surface area (Å²) in [6, 6.07) is 4.34. The molecule has 0 saturated heterocycles. The Morgan fingerprint density at radius 1 is 1.43 bits per heavy atom. The minimum absolute atomic E-state index is 0.0820. The van der Waals surface area contributed by atoms with Gasteiger partial charge in [0.05, 0.1) is 24.3 Å². The number of methoxy groups -OCH3 is 1. The summed E-state index contributed by atoms with van der Waals surface area (Å²) >= 11 is 0. The Morgan fingerprint density at radius 2 is 2.21 bits per heavy atom. The lowest BCUT2D eigenvalue weighted by Crippen LogP contribution is -2.04. The van der Waals surface area contributed by atoms with E-state index in [4.69, 9.17) is 4.42 Å². The molecular formula is C10H7FO3. The Hall–Kier alpha value is -1.84. The van der Waals surface area contributed by atoms with Crippen molar-refractivity contribution in [1.29, 1.82) is 0 Å². The van der Waals surface area contributed by atoms with Crippen LogP contribution in [0.25, 0.3) is 11.0 Å². The van der Waals surface area contributed by atoms with Gasteiger partial charge in [-0.25, -0.2) is 9.18 Å². The molecule has 14 heavy (non-hydrogen) atoms. The molecule has 0 radical (unpaired) electrons. The third kappa shape index (κ3) is 1.16. The van der Waals surface area contributed by atoms with Crippen molar-refractivity contribution in [3.05, 3.63) is 35.8 Å². The number of hydrogen-bond acceptors (Lipinski definition) is 3. The molecular weight excluding hydrogens is 187 g/mol. The molecule has 1 aromatic carbocycles. The number of ether oxygens (including phenoxy) is 1. The summed E-state index contributed by atoms with van der Waals surface area (Å²) in [4.78, 5) is 11.1. The third-order valence-corrected chi connectivity index (χ3v) is 1.97. The summed E-state index contributed by atoms with van der Waals surface area (Å²) in [6.07, 6.45) is 1.37. The Morgan fingerprint density at radius 3 is 2.93 bits per heavy atom. The van der Waals surface area contributed by atoms with Gasteiger partial charge < -0.3 is 9.15 Å². The summed E-state index contributed by atoms with van der Waals surface area (Å²) in [5.74, 6) is -1.30. The van der Waals surface area contributed by atoms with Gasteiger partial charge in [0.15, 0.2) is 0 Å². The van der Waals surface area contributed by atoms with Crippen LogP contribution >= 0.6 is 0 Å². The zero-order valence-electron chi connectivity index (χ0n) is 7.41. The molecule has 0 aliphatic carbocycles. The molecule has 0 bridgehead atoms. The van der Waals surface area contributed by atoms with Crippen LogP contribution in [0.1, 0.15) is 10.4 Å². The highest BCUT2D eigenvalue weighted by atomic mass is 19.1. The van der Waals surface area contributed by atoms with Crippen LogP contribution in [0, 0.1) is 5.82 Å². The highest BCUT2D eigenvalue weighted by molar-refractivity contribution is 5.94. The molecule has 0 amide bonds. The molecule has 1 heterocycles. The summed E-state index contributed by atoms with van der Waals surface area (Å²) in [6.45, 7) is 0. The molecule has 0 atom stereocenters. The summed E-state index contributed by atoms with van der Waals surface area (Å²) < 4.78 is 23.0. The monoisotopic (exact) mass is 194 g/mol. The van der Waals surface area contributed by atoms with Gasteiger partial charge in [0.1, 0.15) is 11.4 Å². The van der Waals surface area contributed by atoms with E-state index in [1.807, 2.05) is 0 Å². The number of fused-ring (bicyclic) bond motifs is 1. The van der Waals surface area contributed by atoms with Gasteiger partial charge in [0.2, 0.25) is 0 Å². The number of carbonyl (C=O) groups is 1. The number of halogens is 1. The van der Waals surface area contributed by atoms with E-state index in [-0.39, 0.29) is 10.9 Å². The van der Waals surface area contributed by atoms with E-state index in [1.54, 1.807) is 0 Å². The predicted octanol–water partition coefficient (Wildman–Crippen LogP) is 2.36. The summed E-state index contributed by atoms with van der Waals surface area (Å²) in [5, 5.41) is 0.285. The fourth-order valence-corrected chi connectivity index (χ4v) is 1.28. The molecule has 0 saturated carbocycles. The first-order chi connectivity index (χ1) is 6.74. The Kier molecular flexibility index (Phi) is 1.96. The molecule has 0 aliphatic heterocycles. The first kappa shape index (κ1) is 8.74. The molecule has 2 rings (SSSR count). The average molecular weight is 194 g/mol. The molecule has 0 unspecified atom stereocenters. The van der Waals surface area contributed by atoms with E-state index in [1.165, 1.54) is 31.6 Å². The molecule has 1 aromatic heterocycles. The van der Waals surface area contributed by atoms with Crippen molar-refractivity contribution in [3.8, 4) is 0 Å². The number of hydrogen-bond donors (Lipinski definition) is 0. The number of rotatable bonds is 1. The van der Waals surface area contributed by atoms with E-state index in [0.717, 1.165) is 0 Å². The topological polar surface area (TPSA) is 39.4 Å². The van der Waals surface area contributed by atoms with Crippen molar-refractivity contribution >= 4 is 16.9 Å². The molecule has 2 aromatic rings. The first-order valence-electron chi connectivity index (χ1n) is 3.98. The normalized spacial score (nSPS) is 10.4. The second kappa shape index (κ2) is 3.14. The quantitative estimate of drug-likeness (QED) is 0.654. The van der Waals surface area contributed by atoms with Gasteiger partial charge >= 0.3 is 5.97 Å². The lowest BCUT2D eigenvalue weighted by Gasteiger charge is -2.00. The Balaban J connectivity index is 2.67. The minimum atomic E-state index is -0.689. The highest BCUT2D eigenvalue weighted by Gasteiger charge is 2.15. The fourth-order valence-electron chi connectivity index (χ4n) is 1.28. The molecule has 0 N–H and O–H groups in total. The second-order valence-electron chi connectivity index (χ2n) is 2.75.